The highest BCUT2D eigenvalue weighted by Crippen LogP contribution is 2.21. The fourth-order valence-corrected chi connectivity index (χ4v) is 1.65. The van der Waals surface area contributed by atoms with Gasteiger partial charge in [-0.25, -0.2) is 4.39 Å². The van der Waals surface area contributed by atoms with Crippen LogP contribution in [0, 0.1) is 5.82 Å². The highest BCUT2D eigenvalue weighted by Gasteiger charge is 2.01. The highest BCUT2D eigenvalue weighted by atomic mass is 19.1. The number of ether oxygens (including phenoxy) is 1. The molecule has 0 spiro atoms. The third-order valence-electron chi connectivity index (χ3n) is 2.69. The van der Waals surface area contributed by atoms with E-state index in [4.69, 9.17) is 9.84 Å². The molecule has 0 aliphatic carbocycles. The van der Waals surface area contributed by atoms with Crippen molar-refractivity contribution >= 4 is 0 Å². The van der Waals surface area contributed by atoms with Crippen LogP contribution in [0.2, 0.25) is 0 Å². The van der Waals surface area contributed by atoms with Crippen LogP contribution >= 0.6 is 0 Å². The van der Waals surface area contributed by atoms with E-state index in [9.17, 15) is 4.39 Å². The van der Waals surface area contributed by atoms with Crippen molar-refractivity contribution in [3.05, 3.63) is 24.0 Å². The van der Waals surface area contributed by atoms with E-state index in [0.717, 1.165) is 12.8 Å². The minimum Gasteiger partial charge on any atom is -0.505 e. The van der Waals surface area contributed by atoms with Crippen LogP contribution in [0.3, 0.4) is 0 Å². The van der Waals surface area contributed by atoms with Crippen LogP contribution in [-0.4, -0.2) is 11.7 Å². The lowest BCUT2D eigenvalue weighted by Crippen LogP contribution is -1.97. The van der Waals surface area contributed by atoms with Crippen LogP contribution in [0.1, 0.15) is 45.4 Å². The Morgan fingerprint density at radius 3 is 2.53 bits per heavy atom. The third-order valence-corrected chi connectivity index (χ3v) is 2.69. The first kappa shape index (κ1) is 13.8. The van der Waals surface area contributed by atoms with Gasteiger partial charge in [0.15, 0.2) is 11.6 Å². The van der Waals surface area contributed by atoms with Gasteiger partial charge in [-0.1, -0.05) is 39.0 Å². The molecule has 0 aliphatic rings. The smallest absolute Gasteiger partial charge is 0.168 e. The van der Waals surface area contributed by atoms with Gasteiger partial charge >= 0.3 is 0 Å². The largest absolute Gasteiger partial charge is 0.505 e. The summed E-state index contributed by atoms with van der Waals surface area (Å²) in [5.41, 5.74) is 0. The number of phenolic OH excluding ortho intramolecular Hbond substituents is 1. The predicted molar refractivity (Wildman–Crippen MR) is 66.9 cm³/mol. The minimum atomic E-state index is -0.634. The molecule has 0 unspecified atom stereocenters. The lowest BCUT2D eigenvalue weighted by molar-refractivity contribution is 0.301. The predicted octanol–water partition coefficient (Wildman–Crippen LogP) is 4.27. The molecule has 1 rings (SSSR count). The summed E-state index contributed by atoms with van der Waals surface area (Å²) < 4.78 is 18.4. The standard InChI is InChI=1S/C14H21FO2/c1-2-3-4-5-6-7-10-17-12-8-9-14(16)13(15)11-12/h8-9,11,16H,2-7,10H2,1H3. The second-order valence-corrected chi connectivity index (χ2v) is 4.23. The van der Waals surface area contributed by atoms with E-state index in [0.29, 0.717) is 12.4 Å². The maximum atomic E-state index is 13.0. The summed E-state index contributed by atoms with van der Waals surface area (Å²) in [6.07, 6.45) is 7.21. The first-order chi connectivity index (χ1) is 8.24. The number of hydrogen-bond acceptors (Lipinski definition) is 2. The Morgan fingerprint density at radius 2 is 1.82 bits per heavy atom. The zero-order chi connectivity index (χ0) is 12.5. The number of unbranched alkanes of at least 4 members (excludes halogenated alkanes) is 5. The Balaban J connectivity index is 2.11. The highest BCUT2D eigenvalue weighted by molar-refractivity contribution is 5.31. The molecule has 0 fully saturated rings. The van der Waals surface area contributed by atoms with E-state index < -0.39 is 5.82 Å². The number of halogens is 1. The Kier molecular flexibility index (Phi) is 6.45. The lowest BCUT2D eigenvalue weighted by atomic mass is 10.1. The summed E-state index contributed by atoms with van der Waals surface area (Å²) in [4.78, 5) is 0. The molecule has 96 valence electrons. The quantitative estimate of drug-likeness (QED) is 0.687. The van der Waals surface area contributed by atoms with Crippen molar-refractivity contribution < 1.29 is 14.2 Å². The van der Waals surface area contributed by atoms with E-state index in [1.54, 1.807) is 6.07 Å². The molecular formula is C14H21FO2. The Hall–Kier alpha value is -1.25. The SMILES string of the molecule is CCCCCCCCOc1ccc(O)c(F)c1. The normalized spacial score (nSPS) is 10.5. The topological polar surface area (TPSA) is 29.5 Å². The second-order valence-electron chi connectivity index (χ2n) is 4.23. The maximum Gasteiger partial charge on any atom is 0.168 e. The minimum absolute atomic E-state index is 0.336. The summed E-state index contributed by atoms with van der Waals surface area (Å²) >= 11 is 0. The zero-order valence-corrected chi connectivity index (χ0v) is 10.4. The van der Waals surface area contributed by atoms with Gasteiger partial charge in [0.25, 0.3) is 0 Å². The van der Waals surface area contributed by atoms with Gasteiger partial charge in [0.2, 0.25) is 0 Å². The molecular weight excluding hydrogens is 219 g/mol. The molecule has 0 radical (unpaired) electrons. The van der Waals surface area contributed by atoms with Gasteiger partial charge in [-0.15, -0.1) is 0 Å². The molecule has 0 saturated carbocycles. The molecule has 0 amide bonds. The van der Waals surface area contributed by atoms with Crippen LogP contribution in [0.4, 0.5) is 4.39 Å². The summed E-state index contributed by atoms with van der Waals surface area (Å²) in [5.74, 6) is -0.490. The molecule has 0 heterocycles. The van der Waals surface area contributed by atoms with Gasteiger partial charge in [0, 0.05) is 6.07 Å². The van der Waals surface area contributed by atoms with Crippen molar-refractivity contribution in [3.63, 3.8) is 0 Å². The van der Waals surface area contributed by atoms with Crippen molar-refractivity contribution in [2.45, 2.75) is 45.4 Å². The monoisotopic (exact) mass is 240 g/mol. The molecule has 2 nitrogen and oxygen atoms in total. The van der Waals surface area contributed by atoms with Crippen LogP contribution in [-0.2, 0) is 0 Å². The molecule has 3 heteroatoms. The van der Waals surface area contributed by atoms with E-state index in [2.05, 4.69) is 6.92 Å². The van der Waals surface area contributed by atoms with Gasteiger partial charge in [-0.05, 0) is 18.6 Å². The summed E-state index contributed by atoms with van der Waals surface area (Å²) in [7, 11) is 0. The van der Waals surface area contributed by atoms with Crippen molar-refractivity contribution in [1.29, 1.82) is 0 Å². The first-order valence-corrected chi connectivity index (χ1v) is 6.35. The van der Waals surface area contributed by atoms with Gasteiger partial charge < -0.3 is 9.84 Å². The van der Waals surface area contributed by atoms with E-state index >= 15 is 0 Å². The number of aromatic hydroxyl groups is 1. The molecule has 0 aromatic heterocycles. The Bertz CT molecular complexity index is 326. The fourth-order valence-electron chi connectivity index (χ4n) is 1.65. The van der Waals surface area contributed by atoms with Crippen LogP contribution in [0.15, 0.2) is 18.2 Å². The second kappa shape index (κ2) is 7.93. The molecule has 0 bridgehead atoms. The van der Waals surface area contributed by atoms with Crippen molar-refractivity contribution in [2.75, 3.05) is 6.61 Å². The average Bonchev–Trinajstić information content (AvgIpc) is 2.32. The summed E-state index contributed by atoms with van der Waals surface area (Å²) in [5, 5.41) is 9.01. The van der Waals surface area contributed by atoms with Crippen molar-refractivity contribution in [1.82, 2.24) is 0 Å². The average molecular weight is 240 g/mol. The molecule has 1 aromatic carbocycles. The summed E-state index contributed by atoms with van der Waals surface area (Å²) in [6.45, 7) is 2.80. The zero-order valence-electron chi connectivity index (χ0n) is 10.4. The van der Waals surface area contributed by atoms with Crippen LogP contribution in [0.25, 0.3) is 0 Å². The van der Waals surface area contributed by atoms with Gasteiger partial charge in [0.1, 0.15) is 5.75 Å². The molecule has 0 atom stereocenters. The molecule has 1 aromatic rings. The number of benzene rings is 1. The van der Waals surface area contributed by atoms with E-state index in [1.165, 1.54) is 37.8 Å². The number of phenols is 1. The van der Waals surface area contributed by atoms with E-state index in [1.807, 2.05) is 0 Å². The first-order valence-electron chi connectivity index (χ1n) is 6.35. The van der Waals surface area contributed by atoms with Gasteiger partial charge in [0.05, 0.1) is 6.61 Å². The van der Waals surface area contributed by atoms with E-state index in [-0.39, 0.29) is 5.75 Å². The lowest BCUT2D eigenvalue weighted by Gasteiger charge is -2.06. The molecule has 1 N–H and O–H groups in total. The van der Waals surface area contributed by atoms with Crippen LogP contribution < -0.4 is 4.74 Å². The van der Waals surface area contributed by atoms with Gasteiger partial charge in [-0.2, -0.15) is 0 Å². The fraction of sp³-hybridized carbons (Fsp3) is 0.571. The Morgan fingerprint density at radius 1 is 1.12 bits per heavy atom. The number of rotatable bonds is 8. The molecule has 17 heavy (non-hydrogen) atoms. The number of hydrogen-bond donors (Lipinski definition) is 1. The molecule has 0 aliphatic heterocycles. The Labute approximate surface area is 102 Å². The molecule has 0 saturated heterocycles. The third kappa shape index (κ3) is 5.57. The maximum absolute atomic E-state index is 13.0. The van der Waals surface area contributed by atoms with Gasteiger partial charge in [-0.3, -0.25) is 0 Å². The van der Waals surface area contributed by atoms with Crippen LogP contribution in [0.5, 0.6) is 11.5 Å². The van der Waals surface area contributed by atoms with Crippen molar-refractivity contribution in [3.8, 4) is 11.5 Å². The summed E-state index contributed by atoms with van der Waals surface area (Å²) in [6, 6.07) is 4.10. The van der Waals surface area contributed by atoms with Crippen molar-refractivity contribution in [2.24, 2.45) is 0 Å².